The van der Waals surface area contributed by atoms with Crippen molar-refractivity contribution >= 4 is 22.2 Å². The van der Waals surface area contributed by atoms with Gasteiger partial charge < -0.3 is 4.90 Å². The molecule has 0 aliphatic carbocycles. The van der Waals surface area contributed by atoms with Gasteiger partial charge in [-0.2, -0.15) is 0 Å². The molecular formula is C15H16N2O3S. The number of amides is 1. The molecule has 0 aliphatic heterocycles. The van der Waals surface area contributed by atoms with Crippen LogP contribution in [0.5, 0.6) is 0 Å². The van der Waals surface area contributed by atoms with Crippen LogP contribution in [0.3, 0.4) is 0 Å². The van der Waals surface area contributed by atoms with Crippen molar-refractivity contribution < 1.29 is 9.72 Å². The van der Waals surface area contributed by atoms with Crippen LogP contribution in [0.1, 0.15) is 27.7 Å². The van der Waals surface area contributed by atoms with Crippen LogP contribution in [-0.4, -0.2) is 22.3 Å². The minimum atomic E-state index is -0.473. The Hall–Kier alpha value is -2.21. The van der Waals surface area contributed by atoms with E-state index in [-0.39, 0.29) is 10.9 Å². The van der Waals surface area contributed by atoms with E-state index in [9.17, 15) is 14.9 Å². The highest BCUT2D eigenvalue weighted by atomic mass is 32.1. The molecule has 0 fully saturated rings. The number of carbonyl (C=O) groups excluding carboxylic acids is 1. The molecule has 21 heavy (non-hydrogen) atoms. The van der Waals surface area contributed by atoms with Gasteiger partial charge in [0.05, 0.1) is 9.80 Å². The number of benzene rings is 1. The van der Waals surface area contributed by atoms with Crippen LogP contribution in [-0.2, 0) is 6.54 Å². The van der Waals surface area contributed by atoms with E-state index >= 15 is 0 Å². The Labute approximate surface area is 127 Å². The van der Waals surface area contributed by atoms with Crippen LogP contribution in [0.2, 0.25) is 0 Å². The van der Waals surface area contributed by atoms with Crippen molar-refractivity contribution in [1.82, 2.24) is 4.90 Å². The normalized spacial score (nSPS) is 10.4. The van der Waals surface area contributed by atoms with Crippen LogP contribution in [0, 0.1) is 17.0 Å². The van der Waals surface area contributed by atoms with E-state index in [1.54, 1.807) is 4.90 Å². The number of hydrogen-bond acceptors (Lipinski definition) is 4. The van der Waals surface area contributed by atoms with Gasteiger partial charge >= 0.3 is 5.00 Å². The predicted octanol–water partition coefficient (Wildman–Crippen LogP) is 3.63. The van der Waals surface area contributed by atoms with Crippen molar-refractivity contribution in [3.05, 3.63) is 62.5 Å². The van der Waals surface area contributed by atoms with Gasteiger partial charge in [-0.3, -0.25) is 14.9 Å². The SMILES string of the molecule is CCN(Cc1ccccc1C)C(=O)c1ccc([N+](=O)[O-])s1. The van der Waals surface area contributed by atoms with E-state index < -0.39 is 4.92 Å². The highest BCUT2D eigenvalue weighted by Crippen LogP contribution is 2.25. The summed E-state index contributed by atoms with van der Waals surface area (Å²) in [6.07, 6.45) is 0. The van der Waals surface area contributed by atoms with E-state index in [2.05, 4.69) is 0 Å². The summed E-state index contributed by atoms with van der Waals surface area (Å²) in [6, 6.07) is 10.8. The zero-order valence-corrected chi connectivity index (χ0v) is 12.7. The minimum absolute atomic E-state index is 0.00899. The third-order valence-corrected chi connectivity index (χ3v) is 4.30. The Morgan fingerprint density at radius 1 is 1.29 bits per heavy atom. The summed E-state index contributed by atoms with van der Waals surface area (Å²) in [5.41, 5.74) is 2.21. The molecule has 110 valence electrons. The average molecular weight is 304 g/mol. The maximum Gasteiger partial charge on any atom is 0.324 e. The van der Waals surface area contributed by atoms with Gasteiger partial charge in [0.15, 0.2) is 0 Å². The summed E-state index contributed by atoms with van der Waals surface area (Å²) in [5, 5.41) is 10.7. The first-order valence-corrected chi connectivity index (χ1v) is 7.42. The molecule has 0 saturated carbocycles. The number of rotatable bonds is 5. The van der Waals surface area contributed by atoms with Crippen molar-refractivity contribution in [1.29, 1.82) is 0 Å². The van der Waals surface area contributed by atoms with Crippen LogP contribution in [0.25, 0.3) is 0 Å². The van der Waals surface area contributed by atoms with Gasteiger partial charge in [0, 0.05) is 19.2 Å². The topological polar surface area (TPSA) is 63.5 Å². The molecule has 2 rings (SSSR count). The number of hydrogen-bond donors (Lipinski definition) is 0. The molecule has 0 saturated heterocycles. The second-order valence-corrected chi connectivity index (χ2v) is 5.70. The molecule has 1 heterocycles. The first-order valence-electron chi connectivity index (χ1n) is 6.61. The second-order valence-electron chi connectivity index (χ2n) is 4.64. The number of nitro groups is 1. The summed E-state index contributed by atoms with van der Waals surface area (Å²) < 4.78 is 0. The third kappa shape index (κ3) is 3.46. The molecule has 0 spiro atoms. The quantitative estimate of drug-likeness (QED) is 0.626. The predicted molar refractivity (Wildman–Crippen MR) is 82.6 cm³/mol. The molecule has 0 atom stereocenters. The van der Waals surface area contributed by atoms with E-state index in [0.717, 1.165) is 22.5 Å². The third-order valence-electron chi connectivity index (χ3n) is 3.27. The zero-order valence-electron chi connectivity index (χ0n) is 11.9. The summed E-state index contributed by atoms with van der Waals surface area (Å²) in [6.45, 7) is 4.97. The van der Waals surface area contributed by atoms with E-state index in [4.69, 9.17) is 0 Å². The molecule has 0 N–H and O–H groups in total. The van der Waals surface area contributed by atoms with Gasteiger partial charge in [-0.15, -0.1) is 0 Å². The van der Waals surface area contributed by atoms with Crippen molar-refractivity contribution in [3.63, 3.8) is 0 Å². The smallest absolute Gasteiger partial charge is 0.324 e. The fourth-order valence-corrected chi connectivity index (χ4v) is 2.81. The maximum absolute atomic E-state index is 12.4. The van der Waals surface area contributed by atoms with Crippen molar-refractivity contribution in [2.24, 2.45) is 0 Å². The Morgan fingerprint density at radius 2 is 2.00 bits per heavy atom. The molecular weight excluding hydrogens is 288 g/mol. The molecule has 0 aliphatic rings. The molecule has 5 nitrogen and oxygen atoms in total. The minimum Gasteiger partial charge on any atom is -0.334 e. The first-order chi connectivity index (χ1) is 10.0. The first kappa shape index (κ1) is 15.2. The highest BCUT2D eigenvalue weighted by Gasteiger charge is 2.20. The molecule has 1 aromatic carbocycles. The van der Waals surface area contributed by atoms with Gasteiger partial charge in [0.25, 0.3) is 5.91 Å². The molecule has 2 aromatic rings. The van der Waals surface area contributed by atoms with Gasteiger partial charge in [0.1, 0.15) is 0 Å². The fraction of sp³-hybridized carbons (Fsp3) is 0.267. The largest absolute Gasteiger partial charge is 0.334 e. The van der Waals surface area contributed by atoms with Crippen LogP contribution >= 0.6 is 11.3 Å². The molecule has 0 radical (unpaired) electrons. The van der Waals surface area contributed by atoms with Crippen molar-refractivity contribution in [2.75, 3.05) is 6.54 Å². The highest BCUT2D eigenvalue weighted by molar-refractivity contribution is 7.17. The number of aryl methyl sites for hydroxylation is 1. The fourth-order valence-electron chi connectivity index (χ4n) is 2.02. The summed E-state index contributed by atoms with van der Waals surface area (Å²) in [4.78, 5) is 24.8. The molecule has 6 heteroatoms. The van der Waals surface area contributed by atoms with Gasteiger partial charge in [-0.1, -0.05) is 35.6 Å². The number of thiophene rings is 1. The lowest BCUT2D eigenvalue weighted by molar-refractivity contribution is -0.380. The van der Waals surface area contributed by atoms with Crippen molar-refractivity contribution in [3.8, 4) is 0 Å². The molecule has 0 unspecified atom stereocenters. The molecule has 1 aromatic heterocycles. The second kappa shape index (κ2) is 6.49. The van der Waals surface area contributed by atoms with Crippen LogP contribution < -0.4 is 0 Å². The van der Waals surface area contributed by atoms with Gasteiger partial charge in [-0.25, -0.2) is 0 Å². The molecule has 1 amide bonds. The van der Waals surface area contributed by atoms with E-state index in [1.165, 1.54) is 12.1 Å². The van der Waals surface area contributed by atoms with Crippen LogP contribution in [0.4, 0.5) is 5.00 Å². The van der Waals surface area contributed by atoms with Gasteiger partial charge in [0.2, 0.25) is 0 Å². The summed E-state index contributed by atoms with van der Waals surface area (Å²) in [5.74, 6) is -0.168. The Morgan fingerprint density at radius 3 is 2.57 bits per heavy atom. The lowest BCUT2D eigenvalue weighted by Crippen LogP contribution is -2.29. The Balaban J connectivity index is 2.18. The van der Waals surface area contributed by atoms with Crippen molar-refractivity contribution in [2.45, 2.75) is 20.4 Å². The van der Waals surface area contributed by atoms with E-state index in [0.29, 0.717) is 18.0 Å². The monoisotopic (exact) mass is 304 g/mol. The zero-order chi connectivity index (χ0) is 15.4. The van der Waals surface area contributed by atoms with Gasteiger partial charge in [-0.05, 0) is 31.0 Å². The lowest BCUT2D eigenvalue weighted by Gasteiger charge is -2.21. The van der Waals surface area contributed by atoms with E-state index in [1.807, 2.05) is 38.1 Å². The lowest BCUT2D eigenvalue weighted by atomic mass is 10.1. The number of carbonyl (C=O) groups is 1. The Kier molecular flexibility index (Phi) is 4.70. The number of nitrogens with zero attached hydrogens (tertiary/aromatic N) is 2. The average Bonchev–Trinajstić information content (AvgIpc) is 2.96. The standard InChI is InChI=1S/C15H16N2O3S/c1-3-16(10-12-7-5-4-6-11(12)2)15(18)13-8-9-14(21-13)17(19)20/h4-9H,3,10H2,1-2H3. The molecule has 0 bridgehead atoms. The van der Waals surface area contributed by atoms with Crippen LogP contribution in [0.15, 0.2) is 36.4 Å². The summed E-state index contributed by atoms with van der Waals surface area (Å²) >= 11 is 0.917. The summed E-state index contributed by atoms with van der Waals surface area (Å²) in [7, 11) is 0. The Bertz CT molecular complexity index is 666. The maximum atomic E-state index is 12.4.